The topological polar surface area (TPSA) is 64.6 Å². The van der Waals surface area contributed by atoms with Crippen LogP contribution in [-0.4, -0.2) is 18.5 Å². The number of amides is 1. The van der Waals surface area contributed by atoms with Crippen LogP contribution in [0.1, 0.15) is 18.1 Å². The Hall–Kier alpha value is -2.10. The zero-order chi connectivity index (χ0) is 17.4. The summed E-state index contributed by atoms with van der Waals surface area (Å²) >= 11 is 0. The van der Waals surface area contributed by atoms with Gasteiger partial charge in [-0.2, -0.15) is 0 Å². The average molecular weight is 347 g/mol. The quantitative estimate of drug-likeness (QED) is 0.755. The van der Waals surface area contributed by atoms with E-state index in [0.717, 1.165) is 11.1 Å². The minimum atomic E-state index is -3.01. The van der Waals surface area contributed by atoms with Crippen molar-refractivity contribution in [3.8, 4) is 0 Å². The van der Waals surface area contributed by atoms with Crippen LogP contribution in [-0.2, 0) is 27.0 Å². The van der Waals surface area contributed by atoms with Crippen molar-refractivity contribution in [2.45, 2.75) is 25.9 Å². The molecule has 0 fully saturated rings. The van der Waals surface area contributed by atoms with E-state index >= 15 is 0 Å². The fourth-order valence-electron chi connectivity index (χ4n) is 1.94. The minimum Gasteiger partial charge on any atom is -0.445 e. The zero-order valence-electron chi connectivity index (χ0n) is 13.8. The summed E-state index contributed by atoms with van der Waals surface area (Å²) in [6.45, 7) is 3.56. The molecule has 6 heteroatoms. The van der Waals surface area contributed by atoms with Crippen LogP contribution in [0.3, 0.4) is 0 Å². The van der Waals surface area contributed by atoms with E-state index in [9.17, 15) is 9.36 Å². The molecular weight excluding hydrogens is 325 g/mol. The Bertz CT molecular complexity index is 691. The van der Waals surface area contributed by atoms with Gasteiger partial charge in [0, 0.05) is 6.66 Å². The van der Waals surface area contributed by atoms with Gasteiger partial charge in [0.1, 0.15) is 12.4 Å². The van der Waals surface area contributed by atoms with Crippen LogP contribution in [0.5, 0.6) is 0 Å². The Labute approximate surface area is 142 Å². The first-order valence-corrected chi connectivity index (χ1v) is 9.84. The summed E-state index contributed by atoms with van der Waals surface area (Å²) in [7, 11) is -3.01. The number of hydrogen-bond acceptors (Lipinski definition) is 4. The molecule has 0 aliphatic rings. The molecule has 5 nitrogen and oxygen atoms in total. The maximum atomic E-state index is 12.6. The molecule has 1 amide bonds. The van der Waals surface area contributed by atoms with Crippen molar-refractivity contribution in [2.24, 2.45) is 0 Å². The van der Waals surface area contributed by atoms with Crippen LogP contribution in [0.15, 0.2) is 60.7 Å². The van der Waals surface area contributed by atoms with Crippen LogP contribution in [0.25, 0.3) is 0 Å². The first kappa shape index (κ1) is 18.2. The highest BCUT2D eigenvalue weighted by Gasteiger charge is 2.27. The molecule has 24 heavy (non-hydrogen) atoms. The van der Waals surface area contributed by atoms with Crippen molar-refractivity contribution >= 4 is 13.5 Å². The van der Waals surface area contributed by atoms with Crippen molar-refractivity contribution in [1.29, 1.82) is 0 Å². The highest BCUT2D eigenvalue weighted by atomic mass is 31.2. The molecule has 2 aromatic rings. The zero-order valence-corrected chi connectivity index (χ0v) is 14.7. The van der Waals surface area contributed by atoms with E-state index in [2.05, 4.69) is 5.32 Å². The molecular formula is C18H22NO4P. The maximum absolute atomic E-state index is 12.6. The number of rotatable bonds is 7. The van der Waals surface area contributed by atoms with E-state index in [1.165, 1.54) is 6.66 Å². The first-order valence-electron chi connectivity index (χ1n) is 7.70. The Balaban J connectivity index is 1.80. The van der Waals surface area contributed by atoms with Crippen molar-refractivity contribution in [3.05, 3.63) is 71.8 Å². The van der Waals surface area contributed by atoms with Crippen molar-refractivity contribution in [2.75, 3.05) is 6.66 Å². The van der Waals surface area contributed by atoms with E-state index in [4.69, 9.17) is 9.26 Å². The van der Waals surface area contributed by atoms with Gasteiger partial charge in [-0.3, -0.25) is 4.57 Å². The number of carbonyl (C=O) groups is 1. The van der Waals surface area contributed by atoms with Gasteiger partial charge in [-0.1, -0.05) is 60.7 Å². The summed E-state index contributed by atoms with van der Waals surface area (Å²) in [5.41, 5.74) is 1.82. The Morgan fingerprint density at radius 2 is 1.50 bits per heavy atom. The molecule has 128 valence electrons. The number of ether oxygens (including phenoxy) is 1. The number of alkyl carbamates (subject to hydrolysis) is 1. The fourth-order valence-corrected chi connectivity index (χ4v) is 2.91. The van der Waals surface area contributed by atoms with Gasteiger partial charge in [0.15, 0.2) is 0 Å². The molecule has 0 spiro atoms. The lowest BCUT2D eigenvalue weighted by Gasteiger charge is -2.22. The number of nitrogens with one attached hydrogen (secondary N) is 1. The molecule has 0 heterocycles. The second-order valence-electron chi connectivity index (χ2n) is 5.55. The maximum Gasteiger partial charge on any atom is 0.408 e. The average Bonchev–Trinajstić information content (AvgIpc) is 2.60. The summed E-state index contributed by atoms with van der Waals surface area (Å²) in [5, 5.41) is 2.58. The second kappa shape index (κ2) is 8.67. The van der Waals surface area contributed by atoms with Gasteiger partial charge in [-0.25, -0.2) is 4.79 Å². The Kier molecular flexibility index (Phi) is 6.59. The van der Waals surface area contributed by atoms with E-state index in [0.29, 0.717) is 0 Å². The molecule has 0 aliphatic heterocycles. The summed E-state index contributed by atoms with van der Waals surface area (Å²) < 4.78 is 23.3. The lowest BCUT2D eigenvalue weighted by Crippen LogP contribution is -2.33. The van der Waals surface area contributed by atoms with Crippen LogP contribution in [0.4, 0.5) is 4.79 Å². The molecule has 0 bridgehead atoms. The van der Waals surface area contributed by atoms with Crippen LogP contribution in [0, 0.1) is 0 Å². The van der Waals surface area contributed by atoms with E-state index in [-0.39, 0.29) is 13.2 Å². The number of benzene rings is 2. The molecule has 0 saturated carbocycles. The fraction of sp³-hybridized carbons (Fsp3) is 0.278. The van der Waals surface area contributed by atoms with Crippen LogP contribution in [0.2, 0.25) is 0 Å². The minimum absolute atomic E-state index is 0.165. The van der Waals surface area contributed by atoms with Gasteiger partial charge in [-0.05, 0) is 18.1 Å². The standard InChI is InChI=1S/C18H22NO4P/c1-15(19-18(20)22-13-16-9-5-3-6-10-16)24(2,21)23-14-17-11-7-4-8-12-17/h3-12,15H,13-14H2,1-2H3,(H,19,20). The third-order valence-corrected chi connectivity index (χ3v) is 5.75. The molecule has 0 aromatic heterocycles. The number of hydrogen-bond donors (Lipinski definition) is 1. The van der Waals surface area contributed by atoms with Crippen LogP contribution >= 0.6 is 7.37 Å². The Morgan fingerprint density at radius 1 is 1.00 bits per heavy atom. The highest BCUT2D eigenvalue weighted by molar-refractivity contribution is 7.58. The SMILES string of the molecule is CC(NC(=O)OCc1ccccc1)P(C)(=O)OCc1ccccc1. The van der Waals surface area contributed by atoms with Crippen molar-refractivity contribution < 1.29 is 18.6 Å². The summed E-state index contributed by atoms with van der Waals surface area (Å²) in [5.74, 6) is -0.635. The lowest BCUT2D eigenvalue weighted by atomic mass is 10.2. The van der Waals surface area contributed by atoms with Gasteiger partial charge < -0.3 is 14.6 Å². The van der Waals surface area contributed by atoms with Gasteiger partial charge in [0.2, 0.25) is 7.37 Å². The normalized spacial score (nSPS) is 14.4. The smallest absolute Gasteiger partial charge is 0.408 e. The molecule has 2 rings (SSSR count). The van der Waals surface area contributed by atoms with Gasteiger partial charge in [-0.15, -0.1) is 0 Å². The van der Waals surface area contributed by atoms with Gasteiger partial charge in [0.25, 0.3) is 0 Å². The van der Waals surface area contributed by atoms with Gasteiger partial charge >= 0.3 is 6.09 Å². The summed E-state index contributed by atoms with van der Waals surface area (Å²) in [6.07, 6.45) is -0.614. The second-order valence-corrected chi connectivity index (χ2v) is 8.40. The predicted octanol–water partition coefficient (Wildman–Crippen LogP) is 4.38. The molecule has 0 radical (unpaired) electrons. The monoisotopic (exact) mass is 347 g/mol. The third-order valence-electron chi connectivity index (χ3n) is 3.57. The Morgan fingerprint density at radius 3 is 2.04 bits per heavy atom. The van der Waals surface area contributed by atoms with E-state index < -0.39 is 19.2 Å². The largest absolute Gasteiger partial charge is 0.445 e. The van der Waals surface area contributed by atoms with Gasteiger partial charge in [0.05, 0.1) is 6.61 Å². The van der Waals surface area contributed by atoms with E-state index in [1.54, 1.807) is 6.92 Å². The molecule has 1 N–H and O–H groups in total. The first-order chi connectivity index (χ1) is 11.5. The molecule has 2 unspecified atom stereocenters. The summed E-state index contributed by atoms with van der Waals surface area (Å²) in [6, 6.07) is 18.8. The van der Waals surface area contributed by atoms with Crippen molar-refractivity contribution in [1.82, 2.24) is 5.32 Å². The molecule has 0 saturated heterocycles. The third kappa shape index (κ3) is 5.84. The molecule has 2 aromatic carbocycles. The molecule has 2 atom stereocenters. The van der Waals surface area contributed by atoms with Crippen molar-refractivity contribution in [3.63, 3.8) is 0 Å². The highest BCUT2D eigenvalue weighted by Crippen LogP contribution is 2.47. The lowest BCUT2D eigenvalue weighted by molar-refractivity contribution is 0.138. The van der Waals surface area contributed by atoms with Crippen LogP contribution < -0.4 is 5.32 Å². The molecule has 0 aliphatic carbocycles. The predicted molar refractivity (Wildman–Crippen MR) is 94.0 cm³/mol. The number of carbonyl (C=O) groups excluding carboxylic acids is 1. The van der Waals surface area contributed by atoms with E-state index in [1.807, 2.05) is 60.7 Å². The summed E-state index contributed by atoms with van der Waals surface area (Å²) in [4.78, 5) is 11.8.